The van der Waals surface area contributed by atoms with E-state index in [1.54, 1.807) is 6.08 Å². The van der Waals surface area contributed by atoms with Crippen LogP contribution in [0, 0.1) is 0 Å². The van der Waals surface area contributed by atoms with Gasteiger partial charge in [-0.25, -0.2) is 0 Å². The molecule has 0 saturated carbocycles. The van der Waals surface area contributed by atoms with E-state index in [4.69, 9.17) is 20.7 Å². The molecule has 1 heterocycles. The molecule has 1 aliphatic rings. The van der Waals surface area contributed by atoms with Gasteiger partial charge in [-0.2, -0.15) is 0 Å². The number of primary amides is 1. The zero-order valence-electron chi connectivity index (χ0n) is 10.0. The lowest BCUT2D eigenvalue weighted by Gasteiger charge is -2.20. The van der Waals surface area contributed by atoms with Crippen molar-refractivity contribution in [2.75, 3.05) is 6.61 Å². The highest BCUT2D eigenvalue weighted by atomic mass is 16.5. The SMILES string of the molecule is [N]=NC1OC=C(c2ccccc2)C=C1OCC(N)=O. The van der Waals surface area contributed by atoms with Gasteiger partial charge in [0.1, 0.15) is 0 Å². The summed E-state index contributed by atoms with van der Waals surface area (Å²) in [4.78, 5) is 10.7. The number of benzene rings is 1. The molecule has 0 fully saturated rings. The molecular formula is C13H12N3O3. The second-order valence-corrected chi connectivity index (χ2v) is 3.84. The number of carbonyl (C=O) groups excluding carboxylic acids is 1. The van der Waals surface area contributed by atoms with E-state index >= 15 is 0 Å². The molecule has 1 unspecified atom stereocenters. The van der Waals surface area contributed by atoms with Crippen LogP contribution in [-0.2, 0) is 14.3 Å². The minimum Gasteiger partial charge on any atom is -0.482 e. The van der Waals surface area contributed by atoms with Crippen molar-refractivity contribution >= 4 is 11.5 Å². The van der Waals surface area contributed by atoms with Crippen molar-refractivity contribution in [1.82, 2.24) is 5.53 Å². The molecular weight excluding hydrogens is 246 g/mol. The number of hydrogen-bond donors (Lipinski definition) is 1. The van der Waals surface area contributed by atoms with Crippen LogP contribution in [0.25, 0.3) is 5.57 Å². The molecule has 0 bridgehead atoms. The Kier molecular flexibility index (Phi) is 3.92. The fourth-order valence-electron chi connectivity index (χ4n) is 1.60. The van der Waals surface area contributed by atoms with Crippen molar-refractivity contribution < 1.29 is 14.3 Å². The smallest absolute Gasteiger partial charge is 0.266 e. The van der Waals surface area contributed by atoms with Crippen LogP contribution in [0.3, 0.4) is 0 Å². The maximum Gasteiger partial charge on any atom is 0.266 e. The van der Waals surface area contributed by atoms with Gasteiger partial charge in [-0.3, -0.25) is 4.79 Å². The Hall–Kier alpha value is -2.63. The van der Waals surface area contributed by atoms with Crippen LogP contribution < -0.4 is 11.3 Å². The Balaban J connectivity index is 2.21. The standard InChI is InChI=1S/C13H12N3O3/c14-12(17)8-18-11-6-10(7-19-13(11)16-15)9-4-2-1-3-5-9/h1-7,13H,8H2,(H2,14,17). The summed E-state index contributed by atoms with van der Waals surface area (Å²) in [5, 5.41) is 3.02. The van der Waals surface area contributed by atoms with Gasteiger partial charge in [0, 0.05) is 5.57 Å². The van der Waals surface area contributed by atoms with E-state index in [1.807, 2.05) is 30.3 Å². The molecule has 97 valence electrons. The Labute approximate surface area is 110 Å². The molecule has 2 N–H and O–H groups in total. The van der Waals surface area contributed by atoms with Gasteiger partial charge in [-0.15, -0.1) is 5.11 Å². The third-order valence-corrected chi connectivity index (χ3v) is 2.46. The summed E-state index contributed by atoms with van der Waals surface area (Å²) in [6.07, 6.45) is 2.13. The molecule has 1 aromatic rings. The van der Waals surface area contributed by atoms with Crippen LogP contribution in [0.1, 0.15) is 5.56 Å². The highest BCUT2D eigenvalue weighted by Gasteiger charge is 2.21. The van der Waals surface area contributed by atoms with Gasteiger partial charge >= 0.3 is 0 Å². The van der Waals surface area contributed by atoms with Gasteiger partial charge in [-0.1, -0.05) is 30.3 Å². The Bertz CT molecular complexity index is 537. The van der Waals surface area contributed by atoms with Crippen LogP contribution in [0.4, 0.5) is 0 Å². The first-order chi connectivity index (χ1) is 9.20. The molecule has 2 rings (SSSR count). The number of amides is 1. The zero-order valence-corrected chi connectivity index (χ0v) is 10.0. The van der Waals surface area contributed by atoms with Crippen LogP contribution in [-0.4, -0.2) is 18.7 Å². The molecule has 6 nitrogen and oxygen atoms in total. The Morgan fingerprint density at radius 3 is 2.79 bits per heavy atom. The quantitative estimate of drug-likeness (QED) is 0.798. The number of hydrogen-bond acceptors (Lipinski definition) is 4. The summed E-state index contributed by atoms with van der Waals surface area (Å²) in [7, 11) is 0. The van der Waals surface area contributed by atoms with E-state index in [2.05, 4.69) is 5.11 Å². The van der Waals surface area contributed by atoms with Crippen molar-refractivity contribution in [3.05, 3.63) is 54.0 Å². The van der Waals surface area contributed by atoms with E-state index in [9.17, 15) is 4.79 Å². The van der Waals surface area contributed by atoms with E-state index in [0.29, 0.717) is 0 Å². The first-order valence-electron chi connectivity index (χ1n) is 5.58. The van der Waals surface area contributed by atoms with Crippen molar-refractivity contribution in [3.63, 3.8) is 0 Å². The first-order valence-corrected chi connectivity index (χ1v) is 5.58. The lowest BCUT2D eigenvalue weighted by atomic mass is 10.1. The molecule has 0 aliphatic carbocycles. The van der Waals surface area contributed by atoms with Crippen LogP contribution in [0.5, 0.6) is 0 Å². The lowest BCUT2D eigenvalue weighted by molar-refractivity contribution is -0.121. The molecule has 6 heteroatoms. The molecule has 0 aromatic heterocycles. The lowest BCUT2D eigenvalue weighted by Crippen LogP contribution is -2.23. The summed E-state index contributed by atoms with van der Waals surface area (Å²) in [6.45, 7) is -0.302. The first kappa shape index (κ1) is 12.8. The van der Waals surface area contributed by atoms with Gasteiger partial charge in [0.15, 0.2) is 12.4 Å². The van der Waals surface area contributed by atoms with Crippen molar-refractivity contribution in [2.24, 2.45) is 10.8 Å². The van der Waals surface area contributed by atoms with Gasteiger partial charge in [-0.05, 0) is 17.2 Å². The third-order valence-electron chi connectivity index (χ3n) is 2.46. The maximum absolute atomic E-state index is 10.7. The molecule has 19 heavy (non-hydrogen) atoms. The average molecular weight is 258 g/mol. The van der Waals surface area contributed by atoms with Gasteiger partial charge in [0.05, 0.1) is 6.26 Å². The number of nitrogens with zero attached hydrogens (tertiary/aromatic N) is 2. The summed E-state index contributed by atoms with van der Waals surface area (Å²) < 4.78 is 10.4. The molecule has 1 aliphatic heterocycles. The number of nitrogens with two attached hydrogens (primary N) is 1. The summed E-state index contributed by atoms with van der Waals surface area (Å²) in [5.74, 6) is -0.393. The fourth-order valence-corrected chi connectivity index (χ4v) is 1.60. The van der Waals surface area contributed by atoms with Crippen molar-refractivity contribution in [2.45, 2.75) is 6.23 Å². The van der Waals surface area contributed by atoms with E-state index in [1.165, 1.54) is 6.26 Å². The van der Waals surface area contributed by atoms with Gasteiger partial charge in [0.2, 0.25) is 0 Å². The largest absolute Gasteiger partial charge is 0.482 e. The molecule has 1 aromatic carbocycles. The third kappa shape index (κ3) is 3.19. The monoisotopic (exact) mass is 258 g/mol. The Morgan fingerprint density at radius 1 is 1.42 bits per heavy atom. The van der Waals surface area contributed by atoms with Gasteiger partial charge in [0.25, 0.3) is 12.1 Å². The van der Waals surface area contributed by atoms with Crippen LogP contribution in [0.2, 0.25) is 0 Å². The van der Waals surface area contributed by atoms with E-state index in [-0.39, 0.29) is 12.4 Å². The van der Waals surface area contributed by atoms with Gasteiger partial charge < -0.3 is 15.2 Å². The minimum absolute atomic E-state index is 0.225. The molecule has 1 atom stereocenters. The Morgan fingerprint density at radius 2 is 2.16 bits per heavy atom. The molecule has 0 spiro atoms. The zero-order chi connectivity index (χ0) is 13.7. The number of allylic oxidation sites excluding steroid dienone is 2. The molecule has 1 radical (unpaired) electrons. The second-order valence-electron chi connectivity index (χ2n) is 3.84. The summed E-state index contributed by atoms with van der Waals surface area (Å²) in [5.41, 5.74) is 15.5. The average Bonchev–Trinajstić information content (AvgIpc) is 2.45. The van der Waals surface area contributed by atoms with E-state index in [0.717, 1.165) is 11.1 Å². The van der Waals surface area contributed by atoms with Crippen LogP contribution >= 0.6 is 0 Å². The minimum atomic E-state index is -0.980. The number of carbonyl (C=O) groups is 1. The topological polar surface area (TPSA) is 96.2 Å². The summed E-state index contributed by atoms with van der Waals surface area (Å²) >= 11 is 0. The van der Waals surface area contributed by atoms with Crippen molar-refractivity contribution in [3.8, 4) is 0 Å². The second kappa shape index (κ2) is 5.81. The molecule has 0 saturated heterocycles. The summed E-state index contributed by atoms with van der Waals surface area (Å²) in [6, 6.07) is 9.46. The highest BCUT2D eigenvalue weighted by Crippen LogP contribution is 2.25. The molecule has 1 amide bonds. The maximum atomic E-state index is 10.7. The van der Waals surface area contributed by atoms with E-state index < -0.39 is 12.1 Å². The highest BCUT2D eigenvalue weighted by molar-refractivity contribution is 5.76. The predicted octanol–water partition coefficient (Wildman–Crippen LogP) is 1.02. The predicted molar refractivity (Wildman–Crippen MR) is 67.1 cm³/mol. The number of ether oxygens (including phenoxy) is 2. The van der Waals surface area contributed by atoms with Crippen molar-refractivity contribution in [1.29, 1.82) is 0 Å². The number of rotatable bonds is 5. The van der Waals surface area contributed by atoms with Crippen LogP contribution in [0.15, 0.2) is 53.5 Å². The normalized spacial score (nSPS) is 17.8. The fraction of sp³-hybridized carbons (Fsp3) is 0.154.